The van der Waals surface area contributed by atoms with Gasteiger partial charge in [0.1, 0.15) is 12.0 Å². The SMILES string of the molecule is Cc1cc(Cl)ccc1Nc1ncnc(Nc2cccnc2Cl)c1N. The molecule has 2 aromatic heterocycles. The summed E-state index contributed by atoms with van der Waals surface area (Å²) in [5.74, 6) is 0.923. The van der Waals surface area contributed by atoms with E-state index in [0.29, 0.717) is 33.2 Å². The molecule has 4 N–H and O–H groups in total. The van der Waals surface area contributed by atoms with Crippen LogP contribution >= 0.6 is 23.2 Å². The van der Waals surface area contributed by atoms with Crippen molar-refractivity contribution in [2.75, 3.05) is 16.4 Å². The van der Waals surface area contributed by atoms with Crippen LogP contribution in [-0.4, -0.2) is 15.0 Å². The summed E-state index contributed by atoms with van der Waals surface area (Å²) in [7, 11) is 0. The van der Waals surface area contributed by atoms with Gasteiger partial charge in [-0.05, 0) is 42.8 Å². The maximum absolute atomic E-state index is 6.17. The Morgan fingerprint density at radius 3 is 2.33 bits per heavy atom. The zero-order chi connectivity index (χ0) is 17.1. The molecule has 1 aromatic carbocycles. The lowest BCUT2D eigenvalue weighted by atomic mass is 10.2. The molecule has 8 heteroatoms. The highest BCUT2D eigenvalue weighted by molar-refractivity contribution is 6.32. The first kappa shape index (κ1) is 16.3. The molecule has 2 heterocycles. The smallest absolute Gasteiger partial charge is 0.159 e. The van der Waals surface area contributed by atoms with Gasteiger partial charge in [-0.25, -0.2) is 15.0 Å². The van der Waals surface area contributed by atoms with Crippen LogP contribution in [0.5, 0.6) is 0 Å². The Hall–Kier alpha value is -2.57. The minimum absolute atomic E-state index is 0.332. The van der Waals surface area contributed by atoms with Crippen molar-refractivity contribution in [1.82, 2.24) is 15.0 Å². The number of nitrogens with two attached hydrogens (primary N) is 1. The van der Waals surface area contributed by atoms with E-state index in [0.717, 1.165) is 11.3 Å². The minimum Gasteiger partial charge on any atom is -0.393 e. The maximum Gasteiger partial charge on any atom is 0.159 e. The summed E-state index contributed by atoms with van der Waals surface area (Å²) in [6.45, 7) is 1.94. The molecule has 0 fully saturated rings. The molecule has 3 rings (SSSR count). The van der Waals surface area contributed by atoms with Crippen LogP contribution in [-0.2, 0) is 0 Å². The molecule has 0 aliphatic rings. The van der Waals surface area contributed by atoms with Gasteiger partial charge in [0, 0.05) is 16.9 Å². The molecule has 0 saturated carbocycles. The highest BCUT2D eigenvalue weighted by atomic mass is 35.5. The summed E-state index contributed by atoms with van der Waals surface area (Å²) in [5.41, 5.74) is 8.98. The third-order valence-electron chi connectivity index (χ3n) is 3.34. The molecule has 3 aromatic rings. The van der Waals surface area contributed by atoms with E-state index < -0.39 is 0 Å². The van der Waals surface area contributed by atoms with Crippen molar-refractivity contribution in [3.63, 3.8) is 0 Å². The van der Waals surface area contributed by atoms with Gasteiger partial charge in [0.25, 0.3) is 0 Å². The summed E-state index contributed by atoms with van der Waals surface area (Å²) >= 11 is 12.0. The topological polar surface area (TPSA) is 88.8 Å². The predicted octanol–water partition coefficient (Wildman–Crippen LogP) is 4.56. The van der Waals surface area contributed by atoms with Crippen LogP contribution in [0.3, 0.4) is 0 Å². The number of halogens is 2. The predicted molar refractivity (Wildman–Crippen MR) is 98.4 cm³/mol. The normalized spacial score (nSPS) is 10.5. The molecule has 0 bridgehead atoms. The fourth-order valence-corrected chi connectivity index (χ4v) is 2.49. The van der Waals surface area contributed by atoms with Crippen molar-refractivity contribution in [2.45, 2.75) is 6.92 Å². The number of hydrogen-bond donors (Lipinski definition) is 3. The van der Waals surface area contributed by atoms with E-state index >= 15 is 0 Å². The Labute approximate surface area is 149 Å². The Bertz CT molecular complexity index is 884. The first-order chi connectivity index (χ1) is 11.5. The number of benzene rings is 1. The van der Waals surface area contributed by atoms with E-state index in [1.807, 2.05) is 19.1 Å². The summed E-state index contributed by atoms with van der Waals surface area (Å²) in [6.07, 6.45) is 3.02. The van der Waals surface area contributed by atoms with Gasteiger partial charge in [0.15, 0.2) is 16.8 Å². The number of nitrogen functional groups attached to an aromatic ring is 1. The number of aryl methyl sites for hydroxylation is 1. The Morgan fingerprint density at radius 1 is 0.958 bits per heavy atom. The second kappa shape index (κ2) is 6.90. The molecule has 0 aliphatic heterocycles. The van der Waals surface area contributed by atoms with Crippen LogP contribution < -0.4 is 16.4 Å². The third kappa shape index (κ3) is 3.50. The second-order valence-electron chi connectivity index (χ2n) is 5.04. The van der Waals surface area contributed by atoms with E-state index in [9.17, 15) is 0 Å². The van der Waals surface area contributed by atoms with Crippen LogP contribution in [0.25, 0.3) is 0 Å². The minimum atomic E-state index is 0.332. The van der Waals surface area contributed by atoms with Crippen molar-refractivity contribution >= 4 is 51.9 Å². The highest BCUT2D eigenvalue weighted by Crippen LogP contribution is 2.31. The van der Waals surface area contributed by atoms with Crippen molar-refractivity contribution in [3.05, 3.63) is 58.6 Å². The van der Waals surface area contributed by atoms with Crippen LogP contribution in [0.1, 0.15) is 5.56 Å². The van der Waals surface area contributed by atoms with Crippen molar-refractivity contribution in [1.29, 1.82) is 0 Å². The number of pyridine rings is 1. The first-order valence-corrected chi connectivity index (χ1v) is 7.81. The fourth-order valence-electron chi connectivity index (χ4n) is 2.10. The van der Waals surface area contributed by atoms with Crippen LogP contribution in [0.2, 0.25) is 10.2 Å². The summed E-state index contributed by atoms with van der Waals surface area (Å²) in [4.78, 5) is 12.4. The maximum atomic E-state index is 6.17. The molecule has 24 heavy (non-hydrogen) atoms. The molecule has 0 spiro atoms. The van der Waals surface area contributed by atoms with E-state index in [4.69, 9.17) is 28.9 Å². The molecule has 0 unspecified atom stereocenters. The lowest BCUT2D eigenvalue weighted by molar-refractivity contribution is 1.17. The van der Waals surface area contributed by atoms with E-state index in [2.05, 4.69) is 25.6 Å². The molecule has 0 aliphatic carbocycles. The zero-order valence-electron chi connectivity index (χ0n) is 12.7. The monoisotopic (exact) mass is 360 g/mol. The summed E-state index contributed by atoms with van der Waals surface area (Å²) in [6, 6.07) is 9.07. The van der Waals surface area contributed by atoms with Gasteiger partial charge in [-0.3, -0.25) is 0 Å². The Kier molecular flexibility index (Phi) is 4.69. The molecule has 0 amide bonds. The summed E-state index contributed by atoms with van der Waals surface area (Å²) < 4.78 is 0. The van der Waals surface area contributed by atoms with Crippen LogP contribution in [0, 0.1) is 6.92 Å². The number of rotatable bonds is 4. The number of hydrogen-bond acceptors (Lipinski definition) is 6. The highest BCUT2D eigenvalue weighted by Gasteiger charge is 2.11. The van der Waals surface area contributed by atoms with Crippen molar-refractivity contribution in [2.24, 2.45) is 0 Å². The Morgan fingerprint density at radius 2 is 1.67 bits per heavy atom. The second-order valence-corrected chi connectivity index (χ2v) is 5.83. The quantitative estimate of drug-likeness (QED) is 0.591. The van der Waals surface area contributed by atoms with Gasteiger partial charge in [0.2, 0.25) is 0 Å². The zero-order valence-corrected chi connectivity index (χ0v) is 14.2. The standard InChI is InChI=1S/C16H14Cl2N6/c1-9-7-10(17)4-5-11(9)23-15-13(19)16(22-8-21-15)24-12-3-2-6-20-14(12)18/h2-8H,19H2,1H3,(H2,21,22,23,24). The first-order valence-electron chi connectivity index (χ1n) is 7.06. The molecule has 6 nitrogen and oxygen atoms in total. The molecular weight excluding hydrogens is 347 g/mol. The summed E-state index contributed by atoms with van der Waals surface area (Å²) in [5, 5.41) is 7.24. The lowest BCUT2D eigenvalue weighted by Gasteiger charge is -2.14. The van der Waals surface area contributed by atoms with Gasteiger partial charge in [-0.15, -0.1) is 0 Å². The molecule has 0 saturated heterocycles. The number of aromatic nitrogens is 3. The van der Waals surface area contributed by atoms with E-state index in [1.54, 1.807) is 24.4 Å². The molecular formula is C16H14Cl2N6. The van der Waals surface area contributed by atoms with Gasteiger partial charge in [0.05, 0.1) is 5.69 Å². The largest absolute Gasteiger partial charge is 0.393 e. The van der Waals surface area contributed by atoms with Gasteiger partial charge >= 0.3 is 0 Å². The van der Waals surface area contributed by atoms with Gasteiger partial charge in [-0.1, -0.05) is 23.2 Å². The lowest BCUT2D eigenvalue weighted by Crippen LogP contribution is -2.06. The van der Waals surface area contributed by atoms with Crippen LogP contribution in [0.15, 0.2) is 42.9 Å². The molecule has 0 radical (unpaired) electrons. The van der Waals surface area contributed by atoms with E-state index in [-0.39, 0.29) is 0 Å². The van der Waals surface area contributed by atoms with E-state index in [1.165, 1.54) is 6.33 Å². The number of nitrogens with one attached hydrogen (secondary N) is 2. The third-order valence-corrected chi connectivity index (χ3v) is 3.87. The number of anilines is 5. The number of nitrogens with zero attached hydrogens (tertiary/aromatic N) is 3. The van der Waals surface area contributed by atoms with Crippen molar-refractivity contribution in [3.8, 4) is 0 Å². The average molecular weight is 361 g/mol. The molecule has 122 valence electrons. The van der Waals surface area contributed by atoms with Crippen LogP contribution in [0.4, 0.5) is 28.7 Å². The van der Waals surface area contributed by atoms with Crippen molar-refractivity contribution < 1.29 is 0 Å². The Balaban J connectivity index is 1.89. The molecule has 0 atom stereocenters. The fraction of sp³-hybridized carbons (Fsp3) is 0.0625. The van der Waals surface area contributed by atoms with Gasteiger partial charge < -0.3 is 16.4 Å². The average Bonchev–Trinajstić information content (AvgIpc) is 2.55. The van der Waals surface area contributed by atoms with Gasteiger partial charge in [-0.2, -0.15) is 0 Å².